The SMILES string of the molecule is CCNCc1nc(-c2cccc(Cl)c2)cs1.Cl. The lowest BCUT2D eigenvalue weighted by atomic mass is 10.2. The molecular weight excluding hydrogens is 275 g/mol. The zero-order valence-corrected chi connectivity index (χ0v) is 11.8. The largest absolute Gasteiger partial charge is 0.311 e. The summed E-state index contributed by atoms with van der Waals surface area (Å²) in [6.07, 6.45) is 0. The third kappa shape index (κ3) is 3.96. The summed E-state index contributed by atoms with van der Waals surface area (Å²) in [5, 5.41) is 7.19. The van der Waals surface area contributed by atoms with Gasteiger partial charge in [0.25, 0.3) is 0 Å². The van der Waals surface area contributed by atoms with Gasteiger partial charge in [-0.1, -0.05) is 30.7 Å². The van der Waals surface area contributed by atoms with Gasteiger partial charge in [-0.15, -0.1) is 23.7 Å². The van der Waals surface area contributed by atoms with Gasteiger partial charge in [0.05, 0.1) is 5.69 Å². The van der Waals surface area contributed by atoms with Crippen molar-refractivity contribution in [2.75, 3.05) is 6.54 Å². The quantitative estimate of drug-likeness (QED) is 0.920. The normalized spacial score (nSPS) is 10.0. The van der Waals surface area contributed by atoms with Crippen LogP contribution in [-0.4, -0.2) is 11.5 Å². The summed E-state index contributed by atoms with van der Waals surface area (Å²) < 4.78 is 0. The van der Waals surface area contributed by atoms with Crippen LogP contribution in [0.15, 0.2) is 29.6 Å². The Morgan fingerprint density at radius 1 is 1.41 bits per heavy atom. The van der Waals surface area contributed by atoms with Gasteiger partial charge in [-0.3, -0.25) is 0 Å². The van der Waals surface area contributed by atoms with Crippen LogP contribution in [0.25, 0.3) is 11.3 Å². The maximum Gasteiger partial charge on any atom is 0.107 e. The molecule has 0 aliphatic carbocycles. The minimum Gasteiger partial charge on any atom is -0.311 e. The van der Waals surface area contributed by atoms with Gasteiger partial charge in [0.2, 0.25) is 0 Å². The molecule has 0 spiro atoms. The van der Waals surface area contributed by atoms with E-state index in [9.17, 15) is 0 Å². The van der Waals surface area contributed by atoms with Crippen LogP contribution >= 0.6 is 35.3 Å². The van der Waals surface area contributed by atoms with Crippen LogP contribution in [0.3, 0.4) is 0 Å². The molecule has 2 nitrogen and oxygen atoms in total. The van der Waals surface area contributed by atoms with E-state index in [2.05, 4.69) is 22.6 Å². The fraction of sp³-hybridized carbons (Fsp3) is 0.250. The second-order valence-electron chi connectivity index (χ2n) is 3.42. The summed E-state index contributed by atoms with van der Waals surface area (Å²) in [6.45, 7) is 3.89. The van der Waals surface area contributed by atoms with Crippen molar-refractivity contribution >= 4 is 35.3 Å². The Hall–Kier alpha value is -0.610. The fourth-order valence-electron chi connectivity index (χ4n) is 1.40. The highest BCUT2D eigenvalue weighted by Crippen LogP contribution is 2.24. The van der Waals surface area contributed by atoms with Crippen LogP contribution in [0.2, 0.25) is 5.02 Å². The average Bonchev–Trinajstić information content (AvgIpc) is 2.75. The van der Waals surface area contributed by atoms with Crippen LogP contribution in [0.1, 0.15) is 11.9 Å². The lowest BCUT2D eigenvalue weighted by Crippen LogP contribution is -2.11. The van der Waals surface area contributed by atoms with Crippen molar-refractivity contribution in [3.63, 3.8) is 0 Å². The molecule has 92 valence electrons. The predicted molar refractivity (Wildman–Crippen MR) is 77.2 cm³/mol. The Kier molecular flexibility index (Phi) is 5.92. The van der Waals surface area contributed by atoms with Gasteiger partial charge in [-0.2, -0.15) is 0 Å². The Bertz CT molecular complexity index is 471. The summed E-state index contributed by atoms with van der Waals surface area (Å²) in [4.78, 5) is 4.56. The van der Waals surface area contributed by atoms with Crippen molar-refractivity contribution < 1.29 is 0 Å². The van der Waals surface area contributed by atoms with E-state index in [1.807, 2.05) is 24.3 Å². The number of hydrogen-bond acceptors (Lipinski definition) is 3. The predicted octanol–water partition coefficient (Wildman–Crippen LogP) is 3.99. The first-order chi connectivity index (χ1) is 7.79. The molecule has 1 aromatic heterocycles. The van der Waals surface area contributed by atoms with Crippen molar-refractivity contribution in [1.29, 1.82) is 0 Å². The first-order valence-electron chi connectivity index (χ1n) is 5.20. The van der Waals surface area contributed by atoms with Gasteiger partial charge in [-0.25, -0.2) is 4.98 Å². The molecule has 1 N–H and O–H groups in total. The Labute approximate surface area is 116 Å². The van der Waals surface area contributed by atoms with Gasteiger partial charge in [0.1, 0.15) is 5.01 Å². The second-order valence-corrected chi connectivity index (χ2v) is 4.80. The highest BCUT2D eigenvalue weighted by atomic mass is 35.5. The van der Waals surface area contributed by atoms with E-state index in [0.29, 0.717) is 0 Å². The molecule has 0 fully saturated rings. The zero-order valence-electron chi connectivity index (χ0n) is 9.44. The summed E-state index contributed by atoms with van der Waals surface area (Å²) in [7, 11) is 0. The van der Waals surface area contributed by atoms with Gasteiger partial charge < -0.3 is 5.32 Å². The molecule has 5 heteroatoms. The highest BCUT2D eigenvalue weighted by Gasteiger charge is 2.04. The lowest BCUT2D eigenvalue weighted by molar-refractivity contribution is 0.723. The van der Waals surface area contributed by atoms with Crippen molar-refractivity contribution in [3.05, 3.63) is 39.7 Å². The topological polar surface area (TPSA) is 24.9 Å². The van der Waals surface area contributed by atoms with Crippen molar-refractivity contribution in [3.8, 4) is 11.3 Å². The molecule has 2 rings (SSSR count). The summed E-state index contributed by atoms with van der Waals surface area (Å²) >= 11 is 7.62. The fourth-order valence-corrected chi connectivity index (χ4v) is 2.37. The van der Waals surface area contributed by atoms with E-state index < -0.39 is 0 Å². The van der Waals surface area contributed by atoms with E-state index in [1.54, 1.807) is 11.3 Å². The van der Waals surface area contributed by atoms with Gasteiger partial charge in [0.15, 0.2) is 0 Å². The van der Waals surface area contributed by atoms with Crippen LogP contribution < -0.4 is 5.32 Å². The smallest absolute Gasteiger partial charge is 0.107 e. The number of thiazole rings is 1. The number of nitrogens with zero attached hydrogens (tertiary/aromatic N) is 1. The minimum atomic E-state index is 0. The van der Waals surface area contributed by atoms with Gasteiger partial charge >= 0.3 is 0 Å². The number of halogens is 2. The van der Waals surface area contributed by atoms with Gasteiger partial charge in [0, 0.05) is 22.5 Å². The van der Waals surface area contributed by atoms with Crippen molar-refractivity contribution in [2.45, 2.75) is 13.5 Å². The van der Waals surface area contributed by atoms with E-state index in [1.165, 1.54) is 0 Å². The molecule has 0 unspecified atom stereocenters. The Morgan fingerprint density at radius 2 is 2.24 bits per heavy atom. The molecule has 1 aromatic carbocycles. The molecule has 1 heterocycles. The molecule has 0 bridgehead atoms. The second kappa shape index (κ2) is 6.97. The molecule has 17 heavy (non-hydrogen) atoms. The van der Waals surface area contributed by atoms with E-state index in [-0.39, 0.29) is 12.4 Å². The number of aromatic nitrogens is 1. The van der Waals surface area contributed by atoms with Crippen molar-refractivity contribution in [1.82, 2.24) is 10.3 Å². The van der Waals surface area contributed by atoms with Crippen LogP contribution in [0.5, 0.6) is 0 Å². The molecule has 0 aliphatic rings. The third-order valence-corrected chi connectivity index (χ3v) is 3.28. The molecule has 0 saturated carbocycles. The number of hydrogen-bond donors (Lipinski definition) is 1. The van der Waals surface area contributed by atoms with E-state index >= 15 is 0 Å². The molecule has 0 atom stereocenters. The first kappa shape index (κ1) is 14.5. The van der Waals surface area contributed by atoms with Gasteiger partial charge in [-0.05, 0) is 18.7 Å². The molecule has 0 saturated heterocycles. The standard InChI is InChI=1S/C12H13ClN2S.ClH/c1-2-14-7-12-15-11(8-16-12)9-4-3-5-10(13)6-9;/h3-6,8,14H,2,7H2,1H3;1H. The number of nitrogens with one attached hydrogen (secondary N) is 1. The third-order valence-electron chi connectivity index (χ3n) is 2.20. The number of benzene rings is 1. The molecule has 0 radical (unpaired) electrons. The van der Waals surface area contributed by atoms with Crippen LogP contribution in [0, 0.1) is 0 Å². The molecule has 0 aliphatic heterocycles. The van der Waals surface area contributed by atoms with Crippen LogP contribution in [0.4, 0.5) is 0 Å². The Balaban J connectivity index is 0.00000144. The van der Waals surface area contributed by atoms with E-state index in [4.69, 9.17) is 11.6 Å². The summed E-state index contributed by atoms with van der Waals surface area (Å²) in [6, 6.07) is 7.78. The number of rotatable bonds is 4. The zero-order chi connectivity index (χ0) is 11.4. The summed E-state index contributed by atoms with van der Waals surface area (Å²) in [5.74, 6) is 0. The first-order valence-corrected chi connectivity index (χ1v) is 6.46. The molecular formula is C12H14Cl2N2S. The van der Waals surface area contributed by atoms with Crippen molar-refractivity contribution in [2.24, 2.45) is 0 Å². The maximum absolute atomic E-state index is 5.95. The lowest BCUT2D eigenvalue weighted by Gasteiger charge is -1.97. The highest BCUT2D eigenvalue weighted by molar-refractivity contribution is 7.09. The average molecular weight is 289 g/mol. The maximum atomic E-state index is 5.95. The molecule has 0 amide bonds. The monoisotopic (exact) mass is 288 g/mol. The Morgan fingerprint density at radius 3 is 2.94 bits per heavy atom. The molecule has 2 aromatic rings. The van der Waals surface area contributed by atoms with E-state index in [0.717, 1.165) is 34.4 Å². The minimum absolute atomic E-state index is 0. The van der Waals surface area contributed by atoms with Crippen LogP contribution in [-0.2, 0) is 6.54 Å². The summed E-state index contributed by atoms with van der Waals surface area (Å²) in [5.41, 5.74) is 2.08.